The van der Waals surface area contributed by atoms with Gasteiger partial charge in [0.1, 0.15) is 0 Å². The number of thiophene rings is 1. The highest BCUT2D eigenvalue weighted by atomic mass is 32.2. The molecule has 0 spiro atoms. The van der Waals surface area contributed by atoms with Crippen LogP contribution in [0.25, 0.3) is 0 Å². The van der Waals surface area contributed by atoms with Gasteiger partial charge in [0.15, 0.2) is 0 Å². The molecule has 2 rings (SSSR count). The standard InChI is InChI=1S/C14H24N2S2/c1-11(9-13-5-4-7-18-13)16(3)14(10-15)6-8-17-12(14)2/h4-5,7,11-12H,6,8-10,15H2,1-3H3. The molecule has 2 nitrogen and oxygen atoms in total. The second kappa shape index (κ2) is 5.95. The molecule has 18 heavy (non-hydrogen) atoms. The lowest BCUT2D eigenvalue weighted by Gasteiger charge is -2.44. The van der Waals surface area contributed by atoms with E-state index in [0.29, 0.717) is 11.3 Å². The van der Waals surface area contributed by atoms with E-state index in [0.717, 1.165) is 13.0 Å². The smallest absolute Gasteiger partial charge is 0.0455 e. The van der Waals surface area contributed by atoms with E-state index in [9.17, 15) is 0 Å². The lowest BCUT2D eigenvalue weighted by Crippen LogP contribution is -2.59. The summed E-state index contributed by atoms with van der Waals surface area (Å²) < 4.78 is 0. The molecule has 2 heterocycles. The fourth-order valence-corrected chi connectivity index (χ4v) is 5.28. The van der Waals surface area contributed by atoms with Crippen LogP contribution in [0.3, 0.4) is 0 Å². The van der Waals surface area contributed by atoms with E-state index < -0.39 is 0 Å². The van der Waals surface area contributed by atoms with E-state index in [4.69, 9.17) is 5.73 Å². The Morgan fingerprint density at radius 3 is 2.89 bits per heavy atom. The monoisotopic (exact) mass is 284 g/mol. The number of hydrogen-bond donors (Lipinski definition) is 1. The predicted molar refractivity (Wildman–Crippen MR) is 83.6 cm³/mol. The highest BCUT2D eigenvalue weighted by Crippen LogP contribution is 2.40. The van der Waals surface area contributed by atoms with Crippen LogP contribution in [0, 0.1) is 0 Å². The summed E-state index contributed by atoms with van der Waals surface area (Å²) in [7, 11) is 2.26. The minimum Gasteiger partial charge on any atom is -0.329 e. The summed E-state index contributed by atoms with van der Waals surface area (Å²) >= 11 is 3.92. The number of thioether (sulfide) groups is 1. The Bertz CT molecular complexity index is 366. The van der Waals surface area contributed by atoms with E-state index in [1.807, 2.05) is 11.3 Å². The molecule has 1 fully saturated rings. The zero-order valence-electron chi connectivity index (χ0n) is 11.6. The molecule has 1 saturated heterocycles. The Labute approximate surface area is 119 Å². The highest BCUT2D eigenvalue weighted by molar-refractivity contribution is 8.00. The minimum atomic E-state index is 0.196. The molecule has 1 aromatic heterocycles. The van der Waals surface area contributed by atoms with Gasteiger partial charge in [-0.2, -0.15) is 11.8 Å². The molecule has 3 unspecified atom stereocenters. The first-order valence-corrected chi connectivity index (χ1v) is 8.60. The second-order valence-electron chi connectivity index (χ2n) is 5.31. The van der Waals surface area contributed by atoms with Crippen LogP contribution in [0.15, 0.2) is 17.5 Å². The molecule has 0 aliphatic carbocycles. The van der Waals surface area contributed by atoms with Crippen molar-refractivity contribution >= 4 is 23.1 Å². The van der Waals surface area contributed by atoms with Crippen molar-refractivity contribution in [3.05, 3.63) is 22.4 Å². The SMILES string of the molecule is CC(Cc1cccs1)N(C)C1(CN)CCSC1C. The normalized spacial score (nSPS) is 29.9. The van der Waals surface area contributed by atoms with Crippen molar-refractivity contribution in [1.82, 2.24) is 4.90 Å². The van der Waals surface area contributed by atoms with Crippen molar-refractivity contribution in [2.75, 3.05) is 19.3 Å². The number of hydrogen-bond acceptors (Lipinski definition) is 4. The summed E-state index contributed by atoms with van der Waals surface area (Å²) in [6.45, 7) is 5.43. The Morgan fingerprint density at radius 1 is 1.61 bits per heavy atom. The Balaban J connectivity index is 2.07. The fourth-order valence-electron chi connectivity index (χ4n) is 2.94. The maximum absolute atomic E-state index is 6.12. The van der Waals surface area contributed by atoms with Gasteiger partial charge in [-0.05, 0) is 44.0 Å². The van der Waals surface area contributed by atoms with Crippen molar-refractivity contribution in [1.29, 1.82) is 0 Å². The van der Waals surface area contributed by atoms with Crippen molar-refractivity contribution in [2.45, 2.75) is 43.5 Å². The van der Waals surface area contributed by atoms with Gasteiger partial charge >= 0.3 is 0 Å². The lowest BCUT2D eigenvalue weighted by molar-refractivity contribution is 0.0883. The van der Waals surface area contributed by atoms with Gasteiger partial charge in [0.25, 0.3) is 0 Å². The van der Waals surface area contributed by atoms with E-state index in [-0.39, 0.29) is 5.54 Å². The number of rotatable bonds is 5. The van der Waals surface area contributed by atoms with Crippen LogP contribution in [-0.2, 0) is 6.42 Å². The van der Waals surface area contributed by atoms with Gasteiger partial charge in [0.2, 0.25) is 0 Å². The molecule has 0 saturated carbocycles. The zero-order chi connectivity index (χ0) is 13.2. The maximum Gasteiger partial charge on any atom is 0.0455 e. The molecule has 0 radical (unpaired) electrons. The van der Waals surface area contributed by atoms with Gasteiger partial charge in [0.05, 0.1) is 0 Å². The van der Waals surface area contributed by atoms with E-state index >= 15 is 0 Å². The Kier molecular flexibility index (Phi) is 4.75. The second-order valence-corrected chi connectivity index (χ2v) is 7.80. The summed E-state index contributed by atoms with van der Waals surface area (Å²) in [5, 5.41) is 2.80. The lowest BCUT2D eigenvalue weighted by atomic mass is 9.89. The number of nitrogens with zero attached hydrogens (tertiary/aromatic N) is 1. The van der Waals surface area contributed by atoms with Crippen LogP contribution in [0.2, 0.25) is 0 Å². The van der Waals surface area contributed by atoms with Crippen LogP contribution in [-0.4, -0.2) is 41.1 Å². The molecule has 0 aromatic carbocycles. The van der Waals surface area contributed by atoms with Crippen LogP contribution < -0.4 is 5.73 Å². The van der Waals surface area contributed by atoms with Crippen molar-refractivity contribution in [3.63, 3.8) is 0 Å². The molecule has 3 atom stereocenters. The van der Waals surface area contributed by atoms with Crippen molar-refractivity contribution in [3.8, 4) is 0 Å². The fraction of sp³-hybridized carbons (Fsp3) is 0.714. The zero-order valence-corrected chi connectivity index (χ0v) is 13.2. The third-order valence-corrected chi connectivity index (χ3v) is 6.73. The third kappa shape index (κ3) is 2.62. The molecule has 0 bridgehead atoms. The summed E-state index contributed by atoms with van der Waals surface area (Å²) in [5.41, 5.74) is 6.31. The molecule has 102 valence electrons. The van der Waals surface area contributed by atoms with Gasteiger partial charge in [-0.1, -0.05) is 13.0 Å². The van der Waals surface area contributed by atoms with Crippen LogP contribution in [0.5, 0.6) is 0 Å². The van der Waals surface area contributed by atoms with Gasteiger partial charge in [0, 0.05) is 28.3 Å². The number of nitrogens with two attached hydrogens (primary N) is 1. The van der Waals surface area contributed by atoms with Gasteiger partial charge in [-0.15, -0.1) is 11.3 Å². The van der Waals surface area contributed by atoms with E-state index in [2.05, 4.69) is 55.1 Å². The first-order valence-electron chi connectivity index (χ1n) is 6.67. The van der Waals surface area contributed by atoms with Crippen LogP contribution >= 0.6 is 23.1 Å². The maximum atomic E-state index is 6.12. The average Bonchev–Trinajstić information content (AvgIpc) is 2.98. The quantitative estimate of drug-likeness (QED) is 0.901. The minimum absolute atomic E-state index is 0.196. The molecule has 2 N–H and O–H groups in total. The van der Waals surface area contributed by atoms with E-state index in [1.165, 1.54) is 17.1 Å². The third-order valence-electron chi connectivity index (χ3n) is 4.45. The highest BCUT2D eigenvalue weighted by Gasteiger charge is 2.44. The predicted octanol–water partition coefficient (Wildman–Crippen LogP) is 2.83. The number of likely N-dealkylation sites (N-methyl/N-ethyl adjacent to an activating group) is 1. The van der Waals surface area contributed by atoms with E-state index in [1.54, 1.807) is 0 Å². The van der Waals surface area contributed by atoms with Crippen LogP contribution in [0.4, 0.5) is 0 Å². The molecule has 0 amide bonds. The molecule has 4 heteroatoms. The molecule has 1 aliphatic heterocycles. The summed E-state index contributed by atoms with van der Waals surface area (Å²) in [4.78, 5) is 4.01. The van der Waals surface area contributed by atoms with Crippen LogP contribution in [0.1, 0.15) is 25.1 Å². The Morgan fingerprint density at radius 2 is 2.39 bits per heavy atom. The Hall–Kier alpha value is -0.0300. The largest absolute Gasteiger partial charge is 0.329 e. The first-order chi connectivity index (χ1) is 8.60. The van der Waals surface area contributed by atoms with Gasteiger partial charge in [-0.25, -0.2) is 0 Å². The summed E-state index contributed by atoms with van der Waals surface area (Å²) in [5.74, 6) is 1.24. The molecular formula is C14H24N2S2. The first kappa shape index (κ1) is 14.4. The van der Waals surface area contributed by atoms with Gasteiger partial charge < -0.3 is 5.73 Å². The van der Waals surface area contributed by atoms with Crippen molar-refractivity contribution in [2.24, 2.45) is 5.73 Å². The molecule has 1 aromatic rings. The summed E-state index contributed by atoms with van der Waals surface area (Å²) in [6.07, 6.45) is 2.36. The van der Waals surface area contributed by atoms with Gasteiger partial charge in [-0.3, -0.25) is 4.90 Å². The summed E-state index contributed by atoms with van der Waals surface area (Å²) in [6, 6.07) is 4.92. The average molecular weight is 284 g/mol. The topological polar surface area (TPSA) is 29.3 Å². The molecule has 1 aliphatic rings. The molecular weight excluding hydrogens is 260 g/mol. The van der Waals surface area contributed by atoms with Crippen molar-refractivity contribution < 1.29 is 0 Å².